The molecule has 96 valence electrons. The quantitative estimate of drug-likeness (QED) is 0.857. The molecule has 0 unspecified atom stereocenters. The number of rotatable bonds is 6. The van der Waals surface area contributed by atoms with Gasteiger partial charge in [0.15, 0.2) is 0 Å². The van der Waals surface area contributed by atoms with Crippen LogP contribution in [0.25, 0.3) is 0 Å². The minimum Gasteiger partial charge on any atom is -0.359 e. The Labute approximate surface area is 111 Å². The van der Waals surface area contributed by atoms with Crippen LogP contribution in [0.2, 0.25) is 0 Å². The average Bonchev–Trinajstić information content (AvgIpc) is 2.79. The zero-order valence-electron chi connectivity index (χ0n) is 10.3. The van der Waals surface area contributed by atoms with Gasteiger partial charge in [0.05, 0.1) is 0 Å². The van der Waals surface area contributed by atoms with E-state index in [0.29, 0.717) is 0 Å². The fourth-order valence-electron chi connectivity index (χ4n) is 1.80. The molecule has 17 heavy (non-hydrogen) atoms. The van der Waals surface area contributed by atoms with Crippen molar-refractivity contribution in [1.82, 2.24) is 14.3 Å². The number of hydrogen-bond donors (Lipinski definition) is 1. The van der Waals surface area contributed by atoms with E-state index >= 15 is 0 Å². The van der Waals surface area contributed by atoms with Gasteiger partial charge in [0.2, 0.25) is 5.13 Å². The molecule has 1 aromatic heterocycles. The molecule has 2 heterocycles. The Kier molecular flexibility index (Phi) is 5.54. The molecule has 0 amide bonds. The summed E-state index contributed by atoms with van der Waals surface area (Å²) in [6.07, 6.45) is 2.10. The third-order valence-electron chi connectivity index (χ3n) is 2.75. The molecule has 0 spiro atoms. The Morgan fingerprint density at radius 3 is 2.94 bits per heavy atom. The third-order valence-corrected chi connectivity index (χ3v) is 4.40. The second-order valence-electron chi connectivity index (χ2n) is 4.15. The molecule has 0 bridgehead atoms. The van der Waals surface area contributed by atoms with Crippen LogP contribution in [-0.2, 0) is 6.42 Å². The highest BCUT2D eigenvalue weighted by atomic mass is 32.2. The smallest absolute Gasteiger partial charge is 0.202 e. The number of nitrogens with one attached hydrogen (secondary N) is 1. The van der Waals surface area contributed by atoms with Crippen LogP contribution in [0.3, 0.4) is 0 Å². The van der Waals surface area contributed by atoms with Crippen molar-refractivity contribution in [1.29, 1.82) is 0 Å². The van der Waals surface area contributed by atoms with Gasteiger partial charge in [-0.3, -0.25) is 4.90 Å². The molecule has 1 aliphatic heterocycles. The molecule has 4 nitrogen and oxygen atoms in total. The van der Waals surface area contributed by atoms with Gasteiger partial charge in [-0.15, -0.1) is 0 Å². The molecule has 1 N–H and O–H groups in total. The van der Waals surface area contributed by atoms with E-state index in [-0.39, 0.29) is 0 Å². The van der Waals surface area contributed by atoms with E-state index in [9.17, 15) is 0 Å². The summed E-state index contributed by atoms with van der Waals surface area (Å²) in [6, 6.07) is 0. The van der Waals surface area contributed by atoms with Crippen LogP contribution in [0.1, 0.15) is 19.2 Å². The monoisotopic (exact) mass is 272 g/mol. The molecule has 1 saturated heterocycles. The van der Waals surface area contributed by atoms with E-state index in [2.05, 4.69) is 38.3 Å². The lowest BCUT2D eigenvalue weighted by atomic mass is 10.3. The lowest BCUT2D eigenvalue weighted by Gasteiger charge is -2.25. The standard InChI is InChI=1S/C11H20N4S2/c1-2-3-10-13-11(17-14-10)12-4-5-15-6-8-16-9-7-15/h2-9H2,1H3,(H,12,13,14). The predicted octanol–water partition coefficient (Wildman–Crippen LogP) is 1.95. The van der Waals surface area contributed by atoms with Crippen molar-refractivity contribution in [2.75, 3.05) is 43.0 Å². The summed E-state index contributed by atoms with van der Waals surface area (Å²) < 4.78 is 4.32. The fourth-order valence-corrected chi connectivity index (χ4v) is 3.41. The number of aryl methyl sites for hydroxylation is 1. The zero-order chi connectivity index (χ0) is 11.9. The molecule has 0 aliphatic carbocycles. The number of thioether (sulfide) groups is 1. The van der Waals surface area contributed by atoms with E-state index in [1.165, 1.54) is 36.1 Å². The Hall–Kier alpha value is -0.330. The first-order chi connectivity index (χ1) is 8.38. The summed E-state index contributed by atoms with van der Waals surface area (Å²) in [6.45, 7) is 6.70. The first kappa shape index (κ1) is 13.1. The van der Waals surface area contributed by atoms with E-state index < -0.39 is 0 Å². The van der Waals surface area contributed by atoms with Gasteiger partial charge in [-0.2, -0.15) is 16.1 Å². The van der Waals surface area contributed by atoms with Crippen molar-refractivity contribution in [2.24, 2.45) is 0 Å². The summed E-state index contributed by atoms with van der Waals surface area (Å²) in [4.78, 5) is 6.97. The first-order valence-electron chi connectivity index (χ1n) is 6.25. The summed E-state index contributed by atoms with van der Waals surface area (Å²) in [5, 5.41) is 4.34. The van der Waals surface area contributed by atoms with Crippen LogP contribution in [-0.4, -0.2) is 51.9 Å². The number of aromatic nitrogens is 2. The molecule has 1 aliphatic rings. The van der Waals surface area contributed by atoms with E-state index in [1.54, 1.807) is 0 Å². The Morgan fingerprint density at radius 1 is 1.35 bits per heavy atom. The van der Waals surface area contributed by atoms with Crippen molar-refractivity contribution < 1.29 is 0 Å². The number of anilines is 1. The third kappa shape index (κ3) is 4.44. The minimum atomic E-state index is 0.972. The summed E-state index contributed by atoms with van der Waals surface area (Å²) in [5.41, 5.74) is 0. The maximum absolute atomic E-state index is 4.46. The molecule has 0 radical (unpaired) electrons. The molecule has 6 heteroatoms. The van der Waals surface area contributed by atoms with Crippen molar-refractivity contribution >= 4 is 28.4 Å². The highest BCUT2D eigenvalue weighted by Crippen LogP contribution is 2.12. The van der Waals surface area contributed by atoms with E-state index in [4.69, 9.17) is 0 Å². The van der Waals surface area contributed by atoms with Crippen molar-refractivity contribution in [3.8, 4) is 0 Å². The second-order valence-corrected chi connectivity index (χ2v) is 6.12. The molecule has 0 atom stereocenters. The molecule has 0 saturated carbocycles. The van der Waals surface area contributed by atoms with Gasteiger partial charge in [0.1, 0.15) is 5.82 Å². The maximum atomic E-state index is 4.46. The number of nitrogens with zero attached hydrogens (tertiary/aromatic N) is 3. The molecular weight excluding hydrogens is 252 g/mol. The van der Waals surface area contributed by atoms with Gasteiger partial charge < -0.3 is 5.32 Å². The van der Waals surface area contributed by atoms with Crippen molar-refractivity contribution in [3.05, 3.63) is 5.82 Å². The number of hydrogen-bond acceptors (Lipinski definition) is 6. The molecule has 0 aromatic carbocycles. The minimum absolute atomic E-state index is 0.972. The van der Waals surface area contributed by atoms with Crippen LogP contribution in [0.4, 0.5) is 5.13 Å². The van der Waals surface area contributed by atoms with Crippen LogP contribution in [0.15, 0.2) is 0 Å². The van der Waals surface area contributed by atoms with Gasteiger partial charge in [-0.1, -0.05) is 6.92 Å². The second kappa shape index (κ2) is 7.18. The molecule has 1 fully saturated rings. The van der Waals surface area contributed by atoms with E-state index in [1.807, 2.05) is 0 Å². The van der Waals surface area contributed by atoms with Crippen molar-refractivity contribution in [3.63, 3.8) is 0 Å². The van der Waals surface area contributed by atoms with Gasteiger partial charge in [0.25, 0.3) is 0 Å². The normalized spacial score (nSPS) is 17.2. The van der Waals surface area contributed by atoms with Crippen LogP contribution in [0, 0.1) is 0 Å². The zero-order valence-corrected chi connectivity index (χ0v) is 11.9. The van der Waals surface area contributed by atoms with Gasteiger partial charge in [0, 0.05) is 55.6 Å². The molecular formula is C11H20N4S2. The maximum Gasteiger partial charge on any atom is 0.202 e. The first-order valence-corrected chi connectivity index (χ1v) is 8.18. The topological polar surface area (TPSA) is 41.1 Å². The lowest BCUT2D eigenvalue weighted by Crippen LogP contribution is -2.36. The van der Waals surface area contributed by atoms with Gasteiger partial charge in [-0.05, 0) is 6.42 Å². The van der Waals surface area contributed by atoms with Gasteiger partial charge >= 0.3 is 0 Å². The summed E-state index contributed by atoms with van der Waals surface area (Å²) in [7, 11) is 0. The average molecular weight is 272 g/mol. The summed E-state index contributed by atoms with van der Waals surface area (Å²) in [5.74, 6) is 3.54. The Morgan fingerprint density at radius 2 is 2.18 bits per heavy atom. The SMILES string of the molecule is CCCc1nsc(NCCN2CCSCC2)n1. The predicted molar refractivity (Wildman–Crippen MR) is 76.2 cm³/mol. The van der Waals surface area contributed by atoms with Crippen LogP contribution in [0.5, 0.6) is 0 Å². The van der Waals surface area contributed by atoms with Crippen LogP contribution < -0.4 is 5.32 Å². The van der Waals surface area contributed by atoms with Crippen molar-refractivity contribution in [2.45, 2.75) is 19.8 Å². The van der Waals surface area contributed by atoms with E-state index in [0.717, 1.165) is 36.9 Å². The Bertz CT molecular complexity index is 323. The highest BCUT2D eigenvalue weighted by molar-refractivity contribution is 7.99. The molecule has 1 aromatic rings. The molecule has 2 rings (SSSR count). The Balaban J connectivity index is 1.66. The summed E-state index contributed by atoms with van der Waals surface area (Å²) >= 11 is 3.54. The largest absolute Gasteiger partial charge is 0.359 e. The lowest BCUT2D eigenvalue weighted by molar-refractivity contribution is 0.314. The fraction of sp³-hybridized carbons (Fsp3) is 0.818. The van der Waals surface area contributed by atoms with Gasteiger partial charge in [-0.25, -0.2) is 4.98 Å². The highest BCUT2D eigenvalue weighted by Gasteiger charge is 2.09. The van der Waals surface area contributed by atoms with Crippen LogP contribution >= 0.6 is 23.3 Å².